The van der Waals surface area contributed by atoms with Crippen molar-refractivity contribution in [3.05, 3.63) is 36.4 Å². The topological polar surface area (TPSA) is 119 Å². The Labute approximate surface area is 178 Å². The Morgan fingerprint density at radius 3 is 1.94 bits per heavy atom. The van der Waals surface area contributed by atoms with Crippen molar-refractivity contribution >= 4 is 17.8 Å². The monoisotopic (exact) mass is 478 g/mol. The average Bonchev–Trinajstić information content (AvgIpc) is 2.71. The van der Waals surface area contributed by atoms with Crippen LogP contribution in [0.1, 0.15) is 23.7 Å². The maximum atomic E-state index is 11.4. The number of nitrogens with one attached hydrogen (secondary N) is 1. The molecule has 0 aliphatic carbocycles. The van der Waals surface area contributed by atoms with Gasteiger partial charge in [0, 0.05) is 12.6 Å². The molecular weight excluding hydrogens is 456 g/mol. The lowest BCUT2D eigenvalue weighted by molar-refractivity contribution is -0.753. The zero-order chi connectivity index (χ0) is 25.5. The van der Waals surface area contributed by atoms with Crippen LogP contribution in [0.2, 0.25) is 0 Å². The SMILES string of the molecule is C=C(OC)C(F)(F)F.CCNC(=O)c1cc[n+](CCC(=O)O)nc1.COC(=O)C(F)(F)F. The zero-order valence-electron chi connectivity index (χ0n) is 17.2. The van der Waals surface area contributed by atoms with Gasteiger partial charge in [0.05, 0.1) is 19.8 Å². The van der Waals surface area contributed by atoms with Crippen LogP contribution in [-0.2, 0) is 25.6 Å². The van der Waals surface area contributed by atoms with E-state index in [4.69, 9.17) is 5.11 Å². The summed E-state index contributed by atoms with van der Waals surface area (Å²) in [4.78, 5) is 31.2. The van der Waals surface area contributed by atoms with Gasteiger partial charge in [0.1, 0.15) is 12.6 Å². The number of carbonyl (C=O) groups excluding carboxylic acids is 2. The highest BCUT2D eigenvalue weighted by atomic mass is 19.4. The fraction of sp³-hybridized carbons (Fsp3) is 0.471. The number of carboxylic acid groups (broad SMARTS) is 1. The first-order valence-electron chi connectivity index (χ1n) is 8.41. The van der Waals surface area contributed by atoms with Gasteiger partial charge in [-0.2, -0.15) is 26.3 Å². The molecule has 1 aromatic heterocycles. The second-order valence-corrected chi connectivity index (χ2v) is 5.30. The fourth-order valence-corrected chi connectivity index (χ4v) is 1.36. The van der Waals surface area contributed by atoms with E-state index in [1.807, 2.05) is 6.92 Å². The standard InChI is InChI=1S/C10H13N3O3.C4H5F3O.C3H3F3O2/c1-2-11-10(16)8-3-5-13(12-7-8)6-4-9(14)15;1-3(8-2)4(5,6)7;1-8-2(7)3(4,5)6/h3,5,7H,2,4,6H2,1H3,(H-,11,14,15,16);1H2,2H3;1H3/p+1. The molecule has 0 bridgehead atoms. The van der Waals surface area contributed by atoms with Gasteiger partial charge >= 0.3 is 24.3 Å². The predicted octanol–water partition coefficient (Wildman–Crippen LogP) is 2.02. The van der Waals surface area contributed by atoms with Crippen LogP contribution in [0.15, 0.2) is 30.8 Å². The van der Waals surface area contributed by atoms with Gasteiger partial charge in [-0.3, -0.25) is 9.59 Å². The molecule has 0 saturated carbocycles. The molecule has 1 amide bonds. The zero-order valence-corrected chi connectivity index (χ0v) is 17.2. The van der Waals surface area contributed by atoms with Gasteiger partial charge in [-0.1, -0.05) is 11.3 Å². The molecule has 0 aromatic carbocycles. The van der Waals surface area contributed by atoms with Gasteiger partial charge < -0.3 is 19.9 Å². The first kappa shape index (κ1) is 30.8. The molecule has 0 spiro atoms. The second-order valence-electron chi connectivity index (χ2n) is 5.30. The summed E-state index contributed by atoms with van der Waals surface area (Å²) in [5, 5.41) is 15.1. The number of hydrogen-bond acceptors (Lipinski definition) is 6. The number of ether oxygens (including phenoxy) is 2. The van der Waals surface area contributed by atoms with Gasteiger partial charge in [0.25, 0.3) is 5.91 Å². The maximum Gasteiger partial charge on any atom is 0.490 e. The molecule has 182 valence electrons. The van der Waals surface area contributed by atoms with E-state index in [2.05, 4.69) is 26.5 Å². The van der Waals surface area contributed by atoms with Gasteiger partial charge in [-0.25, -0.2) is 4.79 Å². The van der Waals surface area contributed by atoms with E-state index in [1.165, 1.54) is 10.9 Å². The molecule has 32 heavy (non-hydrogen) atoms. The summed E-state index contributed by atoms with van der Waals surface area (Å²) in [5.41, 5.74) is 0.466. The third-order valence-electron chi connectivity index (χ3n) is 2.91. The van der Waals surface area contributed by atoms with E-state index in [0.29, 0.717) is 25.8 Å². The number of allylic oxidation sites excluding steroid dienone is 1. The van der Waals surface area contributed by atoms with Gasteiger partial charge in [0.2, 0.25) is 0 Å². The van der Waals surface area contributed by atoms with Crippen LogP contribution in [0.25, 0.3) is 0 Å². The van der Waals surface area contributed by atoms with Crippen molar-refractivity contribution in [3.8, 4) is 0 Å². The number of esters is 1. The number of alkyl halides is 6. The summed E-state index contributed by atoms with van der Waals surface area (Å²) in [6.07, 6.45) is -6.23. The van der Waals surface area contributed by atoms with Crippen molar-refractivity contribution in [3.63, 3.8) is 0 Å². The number of aryl methyl sites for hydroxylation is 1. The van der Waals surface area contributed by atoms with Crippen molar-refractivity contribution in [2.75, 3.05) is 20.8 Å². The van der Waals surface area contributed by atoms with Crippen molar-refractivity contribution < 1.29 is 60.0 Å². The Morgan fingerprint density at radius 1 is 1.12 bits per heavy atom. The van der Waals surface area contributed by atoms with Crippen molar-refractivity contribution in [2.45, 2.75) is 32.2 Å². The number of amides is 1. The number of carbonyl (C=O) groups is 3. The summed E-state index contributed by atoms with van der Waals surface area (Å²) in [7, 11) is 1.60. The van der Waals surface area contributed by atoms with E-state index < -0.39 is 30.1 Å². The average molecular weight is 478 g/mol. The lowest BCUT2D eigenvalue weighted by Crippen LogP contribution is -2.39. The lowest BCUT2D eigenvalue weighted by Gasteiger charge is -2.06. The number of aromatic nitrogens is 2. The summed E-state index contributed by atoms with van der Waals surface area (Å²) in [6.45, 7) is 5.29. The van der Waals surface area contributed by atoms with E-state index >= 15 is 0 Å². The number of aliphatic carboxylic acids is 1. The Kier molecular flexibility index (Phi) is 14.0. The highest BCUT2D eigenvalue weighted by molar-refractivity contribution is 5.93. The minimum atomic E-state index is -4.85. The molecular formula is C17H22F6N3O6+. The number of halogens is 6. The third-order valence-corrected chi connectivity index (χ3v) is 2.91. The van der Waals surface area contributed by atoms with Crippen LogP contribution < -0.4 is 10.00 Å². The first-order valence-corrected chi connectivity index (χ1v) is 8.41. The van der Waals surface area contributed by atoms with Gasteiger partial charge in [0.15, 0.2) is 18.5 Å². The summed E-state index contributed by atoms with van der Waals surface area (Å²) >= 11 is 0. The second kappa shape index (κ2) is 14.6. The van der Waals surface area contributed by atoms with Crippen LogP contribution in [0.4, 0.5) is 26.3 Å². The molecule has 1 rings (SSSR count). The lowest BCUT2D eigenvalue weighted by atomic mass is 10.3. The summed E-state index contributed by atoms with van der Waals surface area (Å²) in [5.74, 6) is -4.39. The van der Waals surface area contributed by atoms with Crippen LogP contribution in [-0.4, -0.2) is 61.2 Å². The third kappa shape index (κ3) is 14.6. The Hall–Kier alpha value is -3.39. The molecule has 0 atom stereocenters. The maximum absolute atomic E-state index is 11.4. The molecule has 0 unspecified atom stereocenters. The highest BCUT2D eigenvalue weighted by Gasteiger charge is 2.40. The number of methoxy groups -OCH3 is 2. The first-order chi connectivity index (χ1) is 14.6. The van der Waals surface area contributed by atoms with E-state index in [9.17, 15) is 40.7 Å². The van der Waals surface area contributed by atoms with Gasteiger partial charge in [-0.15, -0.1) is 0 Å². The number of nitrogens with zero attached hydrogens (tertiary/aromatic N) is 2. The van der Waals surface area contributed by atoms with E-state index in [1.54, 1.807) is 12.3 Å². The van der Waals surface area contributed by atoms with E-state index in [0.717, 1.165) is 7.11 Å². The molecule has 0 saturated heterocycles. The smallest absolute Gasteiger partial charge is 0.490 e. The largest absolute Gasteiger partial charge is 0.493 e. The molecule has 0 aliphatic heterocycles. The molecule has 1 aromatic rings. The number of carboxylic acids is 1. The predicted molar refractivity (Wildman–Crippen MR) is 95.0 cm³/mol. The molecule has 0 aliphatic rings. The molecule has 0 radical (unpaired) electrons. The summed E-state index contributed by atoms with van der Waals surface area (Å²) in [6, 6.07) is 1.61. The van der Waals surface area contributed by atoms with Gasteiger partial charge in [-0.05, 0) is 12.0 Å². The molecule has 2 N–H and O–H groups in total. The van der Waals surface area contributed by atoms with E-state index in [-0.39, 0.29) is 12.3 Å². The Balaban J connectivity index is 0. The van der Waals surface area contributed by atoms with Crippen molar-refractivity contribution in [1.29, 1.82) is 0 Å². The van der Waals surface area contributed by atoms with Crippen LogP contribution in [0.5, 0.6) is 0 Å². The Bertz CT molecular complexity index is 725. The fourth-order valence-electron chi connectivity index (χ4n) is 1.36. The van der Waals surface area contributed by atoms with Crippen LogP contribution in [0, 0.1) is 0 Å². The highest BCUT2D eigenvalue weighted by Crippen LogP contribution is 2.23. The number of rotatable bonds is 6. The minimum absolute atomic E-state index is 0.0121. The molecule has 1 heterocycles. The summed E-state index contributed by atoms with van der Waals surface area (Å²) < 4.78 is 75.2. The minimum Gasteiger partial charge on any atom is -0.493 e. The van der Waals surface area contributed by atoms with Crippen molar-refractivity contribution in [2.24, 2.45) is 0 Å². The Morgan fingerprint density at radius 2 is 1.69 bits per heavy atom. The molecule has 0 fully saturated rings. The van der Waals surface area contributed by atoms with Crippen LogP contribution >= 0.6 is 0 Å². The van der Waals surface area contributed by atoms with Crippen molar-refractivity contribution in [1.82, 2.24) is 10.4 Å². The normalized spacial score (nSPS) is 10.4. The quantitative estimate of drug-likeness (QED) is 0.278. The molecule has 15 heteroatoms. The number of hydrogen-bond donors (Lipinski definition) is 2. The molecule has 9 nitrogen and oxygen atoms in total. The van der Waals surface area contributed by atoms with Crippen LogP contribution in [0.3, 0.4) is 0 Å².